The van der Waals surface area contributed by atoms with Crippen molar-refractivity contribution in [2.24, 2.45) is 0 Å². The number of benzene rings is 3. The fourth-order valence-corrected chi connectivity index (χ4v) is 5.83. The van der Waals surface area contributed by atoms with Crippen LogP contribution >= 0.6 is 0 Å². The highest BCUT2D eigenvalue weighted by Crippen LogP contribution is 2.26. The standard InChI is InChI=1S/C32H41N3O5S/c1-8-29(31(37)33-32(4,5)6)34(21-25-10-9-11-27(20-25)40-7)30(36)22-35(26-16-12-23(2)13-17-26)41(38,39)28-18-14-24(3)15-19-28/h9-20,29H,8,21-22H2,1-7H3,(H,33,37)/t29-/m1/s1. The number of nitrogens with one attached hydrogen (secondary N) is 1. The van der Waals surface area contributed by atoms with E-state index in [9.17, 15) is 18.0 Å². The molecule has 0 aromatic heterocycles. The van der Waals surface area contributed by atoms with E-state index in [1.54, 1.807) is 55.6 Å². The topological polar surface area (TPSA) is 96.0 Å². The number of carbonyl (C=O) groups is 2. The number of amides is 2. The van der Waals surface area contributed by atoms with Gasteiger partial charge in [-0.3, -0.25) is 13.9 Å². The Kier molecular flexibility index (Phi) is 10.2. The van der Waals surface area contributed by atoms with Gasteiger partial charge in [0.05, 0.1) is 17.7 Å². The lowest BCUT2D eigenvalue weighted by molar-refractivity contribution is -0.141. The second-order valence-corrected chi connectivity index (χ2v) is 13.1. The second kappa shape index (κ2) is 13.2. The number of aryl methyl sites for hydroxylation is 2. The molecule has 0 bridgehead atoms. The first kappa shape index (κ1) is 31.7. The van der Waals surface area contributed by atoms with Crippen LogP contribution in [0, 0.1) is 13.8 Å². The molecular weight excluding hydrogens is 538 g/mol. The van der Waals surface area contributed by atoms with Gasteiger partial charge in [0.2, 0.25) is 11.8 Å². The molecule has 1 N–H and O–H groups in total. The lowest BCUT2D eigenvalue weighted by Crippen LogP contribution is -2.55. The summed E-state index contributed by atoms with van der Waals surface area (Å²) in [6.45, 7) is 10.8. The normalized spacial score (nSPS) is 12.4. The first-order valence-corrected chi connectivity index (χ1v) is 15.1. The number of carbonyl (C=O) groups excluding carboxylic acids is 2. The molecule has 0 aliphatic heterocycles. The van der Waals surface area contributed by atoms with Crippen LogP contribution < -0.4 is 14.4 Å². The predicted octanol–water partition coefficient (Wildman–Crippen LogP) is 5.23. The van der Waals surface area contributed by atoms with E-state index in [0.29, 0.717) is 17.9 Å². The number of anilines is 1. The summed E-state index contributed by atoms with van der Waals surface area (Å²) in [4.78, 5) is 29.1. The zero-order valence-corrected chi connectivity index (χ0v) is 25.8. The van der Waals surface area contributed by atoms with Crippen LogP contribution in [-0.2, 0) is 26.2 Å². The fraction of sp³-hybridized carbons (Fsp3) is 0.375. The number of hydrogen-bond donors (Lipinski definition) is 1. The summed E-state index contributed by atoms with van der Waals surface area (Å²) in [6, 6.07) is 19.9. The van der Waals surface area contributed by atoms with Crippen molar-refractivity contribution in [3.8, 4) is 5.75 Å². The maximum atomic E-state index is 14.2. The Morgan fingerprint density at radius 2 is 1.51 bits per heavy atom. The molecule has 9 heteroatoms. The van der Waals surface area contributed by atoms with Gasteiger partial charge in [0.1, 0.15) is 18.3 Å². The molecule has 2 amide bonds. The minimum Gasteiger partial charge on any atom is -0.497 e. The Hall–Kier alpha value is -3.85. The molecule has 0 aliphatic rings. The number of ether oxygens (including phenoxy) is 1. The van der Waals surface area contributed by atoms with Gasteiger partial charge in [0.25, 0.3) is 10.0 Å². The van der Waals surface area contributed by atoms with Gasteiger partial charge in [0, 0.05) is 12.1 Å². The van der Waals surface area contributed by atoms with Gasteiger partial charge >= 0.3 is 0 Å². The number of sulfonamides is 1. The van der Waals surface area contributed by atoms with Crippen molar-refractivity contribution in [3.05, 3.63) is 89.5 Å². The molecule has 220 valence electrons. The van der Waals surface area contributed by atoms with E-state index >= 15 is 0 Å². The van der Waals surface area contributed by atoms with Crippen LogP contribution in [0.15, 0.2) is 77.7 Å². The number of nitrogens with zero attached hydrogens (tertiary/aromatic N) is 2. The molecule has 8 nitrogen and oxygen atoms in total. The molecule has 0 heterocycles. The van der Waals surface area contributed by atoms with E-state index in [2.05, 4.69) is 5.32 Å². The number of methoxy groups -OCH3 is 1. The maximum Gasteiger partial charge on any atom is 0.264 e. The summed E-state index contributed by atoms with van der Waals surface area (Å²) in [5.41, 5.74) is 2.47. The fourth-order valence-electron chi connectivity index (χ4n) is 4.42. The molecule has 0 saturated carbocycles. The van der Waals surface area contributed by atoms with E-state index in [-0.39, 0.29) is 17.3 Å². The van der Waals surface area contributed by atoms with Gasteiger partial charge < -0.3 is 15.0 Å². The first-order chi connectivity index (χ1) is 19.2. The summed E-state index contributed by atoms with van der Waals surface area (Å²) in [6.07, 6.45) is 0.340. The zero-order chi connectivity index (χ0) is 30.4. The molecule has 0 radical (unpaired) electrons. The summed E-state index contributed by atoms with van der Waals surface area (Å²) in [5.74, 6) is -0.190. The van der Waals surface area contributed by atoms with Crippen LogP contribution in [0.3, 0.4) is 0 Å². The van der Waals surface area contributed by atoms with Gasteiger partial charge in [-0.25, -0.2) is 8.42 Å². The Balaban J connectivity index is 2.07. The summed E-state index contributed by atoms with van der Waals surface area (Å²) < 4.78 is 34.4. The molecule has 3 aromatic rings. The molecule has 0 unspecified atom stereocenters. The monoisotopic (exact) mass is 579 g/mol. The second-order valence-electron chi connectivity index (χ2n) is 11.2. The van der Waals surface area contributed by atoms with E-state index in [1.807, 2.05) is 53.7 Å². The summed E-state index contributed by atoms with van der Waals surface area (Å²) in [5, 5.41) is 2.98. The van der Waals surface area contributed by atoms with E-state index < -0.39 is 34.1 Å². The highest BCUT2D eigenvalue weighted by molar-refractivity contribution is 7.92. The number of hydrogen-bond acceptors (Lipinski definition) is 5. The van der Waals surface area contributed by atoms with Gasteiger partial charge in [-0.1, -0.05) is 54.4 Å². The van der Waals surface area contributed by atoms with Crippen LogP contribution in [0.2, 0.25) is 0 Å². The van der Waals surface area contributed by atoms with Crippen LogP contribution in [-0.4, -0.2) is 50.4 Å². The molecular formula is C32H41N3O5S. The highest BCUT2D eigenvalue weighted by atomic mass is 32.2. The first-order valence-electron chi connectivity index (χ1n) is 13.7. The Morgan fingerprint density at radius 3 is 2.05 bits per heavy atom. The minimum atomic E-state index is -4.11. The molecule has 0 fully saturated rings. The Labute approximate surface area is 244 Å². The van der Waals surface area contributed by atoms with Gasteiger partial charge in [0.15, 0.2) is 0 Å². The lowest BCUT2D eigenvalue weighted by Gasteiger charge is -2.34. The van der Waals surface area contributed by atoms with Crippen molar-refractivity contribution in [1.29, 1.82) is 0 Å². The minimum absolute atomic E-state index is 0.0772. The van der Waals surface area contributed by atoms with Gasteiger partial charge in [-0.05, 0) is 83.0 Å². The third kappa shape index (κ3) is 8.33. The molecule has 3 aromatic carbocycles. The van der Waals surface area contributed by atoms with Crippen molar-refractivity contribution in [2.45, 2.75) is 71.0 Å². The van der Waals surface area contributed by atoms with Crippen LogP contribution in [0.5, 0.6) is 5.75 Å². The van der Waals surface area contributed by atoms with Crippen LogP contribution in [0.4, 0.5) is 5.69 Å². The van der Waals surface area contributed by atoms with Crippen LogP contribution in [0.1, 0.15) is 50.8 Å². The van der Waals surface area contributed by atoms with Crippen molar-refractivity contribution < 1.29 is 22.7 Å². The average Bonchev–Trinajstić information content (AvgIpc) is 2.91. The van der Waals surface area contributed by atoms with Gasteiger partial charge in [-0.15, -0.1) is 0 Å². The molecule has 3 rings (SSSR count). The molecule has 1 atom stereocenters. The molecule has 0 spiro atoms. The largest absolute Gasteiger partial charge is 0.497 e. The van der Waals surface area contributed by atoms with Crippen molar-refractivity contribution in [2.75, 3.05) is 18.0 Å². The third-order valence-electron chi connectivity index (χ3n) is 6.58. The summed E-state index contributed by atoms with van der Waals surface area (Å²) >= 11 is 0. The quantitative estimate of drug-likeness (QED) is 0.336. The van der Waals surface area contributed by atoms with Crippen molar-refractivity contribution in [1.82, 2.24) is 10.2 Å². The number of rotatable bonds is 11. The van der Waals surface area contributed by atoms with Crippen molar-refractivity contribution in [3.63, 3.8) is 0 Å². The zero-order valence-electron chi connectivity index (χ0n) is 25.0. The van der Waals surface area contributed by atoms with Crippen molar-refractivity contribution >= 4 is 27.5 Å². The smallest absolute Gasteiger partial charge is 0.264 e. The summed E-state index contributed by atoms with van der Waals surface area (Å²) in [7, 11) is -2.55. The molecule has 0 saturated heterocycles. The predicted molar refractivity (Wildman–Crippen MR) is 162 cm³/mol. The maximum absolute atomic E-state index is 14.2. The highest BCUT2D eigenvalue weighted by Gasteiger charge is 2.34. The van der Waals surface area contributed by atoms with Gasteiger partial charge in [-0.2, -0.15) is 0 Å². The van der Waals surface area contributed by atoms with E-state index in [1.165, 1.54) is 17.0 Å². The third-order valence-corrected chi connectivity index (χ3v) is 8.37. The van der Waals surface area contributed by atoms with E-state index in [4.69, 9.17) is 4.74 Å². The Morgan fingerprint density at radius 1 is 0.927 bits per heavy atom. The SMILES string of the molecule is CC[C@H](C(=O)NC(C)(C)C)N(Cc1cccc(OC)c1)C(=O)CN(c1ccc(C)cc1)S(=O)(=O)c1ccc(C)cc1. The Bertz CT molecular complexity index is 1450. The molecule has 0 aliphatic carbocycles. The van der Waals surface area contributed by atoms with E-state index in [0.717, 1.165) is 21.0 Å². The lowest BCUT2D eigenvalue weighted by atomic mass is 10.1. The average molecular weight is 580 g/mol. The van der Waals surface area contributed by atoms with Crippen LogP contribution in [0.25, 0.3) is 0 Å². The molecule has 41 heavy (non-hydrogen) atoms.